The summed E-state index contributed by atoms with van der Waals surface area (Å²) < 4.78 is 0. The van der Waals surface area contributed by atoms with Crippen molar-refractivity contribution in [3.05, 3.63) is 60.2 Å². The fourth-order valence-electron chi connectivity index (χ4n) is 1.75. The summed E-state index contributed by atoms with van der Waals surface area (Å²) in [6.45, 7) is 1.93. The van der Waals surface area contributed by atoms with E-state index in [2.05, 4.69) is 10.6 Å². The van der Waals surface area contributed by atoms with Gasteiger partial charge in [-0.3, -0.25) is 0 Å². The van der Waals surface area contributed by atoms with Crippen LogP contribution < -0.4 is 16.4 Å². The molecule has 2 aromatic rings. The van der Waals surface area contributed by atoms with Crippen LogP contribution in [0.15, 0.2) is 54.6 Å². The van der Waals surface area contributed by atoms with Gasteiger partial charge in [-0.15, -0.1) is 0 Å². The van der Waals surface area contributed by atoms with E-state index in [1.54, 1.807) is 0 Å². The Hall–Kier alpha value is -2.49. The minimum atomic E-state index is -0.226. The van der Waals surface area contributed by atoms with Crippen molar-refractivity contribution < 1.29 is 4.79 Å². The Labute approximate surface area is 112 Å². The number of nitrogens with two attached hydrogens (primary N) is 1. The van der Waals surface area contributed by atoms with E-state index in [9.17, 15) is 4.79 Å². The highest BCUT2D eigenvalue weighted by Gasteiger charge is 2.09. The van der Waals surface area contributed by atoms with Crippen molar-refractivity contribution in [3.63, 3.8) is 0 Å². The first kappa shape index (κ1) is 13.0. The molecule has 0 aromatic heterocycles. The summed E-state index contributed by atoms with van der Waals surface area (Å²) in [5.41, 5.74) is 8.12. The summed E-state index contributed by atoms with van der Waals surface area (Å²) in [5.74, 6) is 0. The van der Waals surface area contributed by atoms with E-state index < -0.39 is 0 Å². The van der Waals surface area contributed by atoms with Crippen LogP contribution in [0.1, 0.15) is 18.5 Å². The number of rotatable bonds is 3. The van der Waals surface area contributed by atoms with Crippen LogP contribution >= 0.6 is 0 Å². The molecular formula is C15H17N3O. The van der Waals surface area contributed by atoms with Crippen LogP contribution in [0.5, 0.6) is 0 Å². The zero-order valence-electron chi connectivity index (χ0n) is 10.8. The first-order chi connectivity index (χ1) is 9.15. The Balaban J connectivity index is 1.93. The molecule has 1 unspecified atom stereocenters. The number of nitrogen functional groups attached to an aromatic ring is 1. The number of carbonyl (C=O) groups excluding carboxylic acids is 1. The van der Waals surface area contributed by atoms with Gasteiger partial charge in [-0.05, 0) is 36.8 Å². The highest BCUT2D eigenvalue weighted by atomic mass is 16.2. The van der Waals surface area contributed by atoms with Gasteiger partial charge in [-0.2, -0.15) is 0 Å². The number of urea groups is 1. The molecule has 0 radical (unpaired) electrons. The Morgan fingerprint density at radius 3 is 2.32 bits per heavy atom. The van der Waals surface area contributed by atoms with E-state index in [4.69, 9.17) is 5.73 Å². The molecule has 19 heavy (non-hydrogen) atoms. The van der Waals surface area contributed by atoms with Crippen molar-refractivity contribution in [2.45, 2.75) is 13.0 Å². The molecular weight excluding hydrogens is 238 g/mol. The van der Waals surface area contributed by atoms with Crippen LogP contribution in [0.25, 0.3) is 0 Å². The van der Waals surface area contributed by atoms with E-state index in [1.165, 1.54) is 0 Å². The molecule has 2 amide bonds. The van der Waals surface area contributed by atoms with Crippen LogP contribution in [-0.2, 0) is 0 Å². The SMILES string of the molecule is CC(NC(=O)Nc1ccccc1)c1ccc(N)cc1. The van der Waals surface area contributed by atoms with Gasteiger partial charge in [0.1, 0.15) is 0 Å². The van der Waals surface area contributed by atoms with Gasteiger partial charge < -0.3 is 16.4 Å². The predicted molar refractivity (Wildman–Crippen MR) is 77.9 cm³/mol. The smallest absolute Gasteiger partial charge is 0.319 e. The summed E-state index contributed by atoms with van der Waals surface area (Å²) in [7, 11) is 0. The minimum Gasteiger partial charge on any atom is -0.399 e. The third kappa shape index (κ3) is 3.74. The molecule has 1 atom stereocenters. The monoisotopic (exact) mass is 255 g/mol. The molecule has 0 aliphatic heterocycles. The Kier molecular flexibility index (Phi) is 4.03. The Bertz CT molecular complexity index is 537. The fraction of sp³-hybridized carbons (Fsp3) is 0.133. The zero-order valence-corrected chi connectivity index (χ0v) is 10.8. The molecule has 4 heteroatoms. The fourth-order valence-corrected chi connectivity index (χ4v) is 1.75. The van der Waals surface area contributed by atoms with Crippen LogP contribution in [0.2, 0.25) is 0 Å². The van der Waals surface area contributed by atoms with Crippen LogP contribution in [-0.4, -0.2) is 6.03 Å². The third-order valence-electron chi connectivity index (χ3n) is 2.82. The topological polar surface area (TPSA) is 67.2 Å². The van der Waals surface area contributed by atoms with Gasteiger partial charge in [0.2, 0.25) is 0 Å². The molecule has 0 fully saturated rings. The number of anilines is 2. The van der Waals surface area contributed by atoms with Crippen LogP contribution in [0.4, 0.5) is 16.2 Å². The van der Waals surface area contributed by atoms with E-state index in [1.807, 2.05) is 61.5 Å². The van der Waals surface area contributed by atoms with Crippen LogP contribution in [0, 0.1) is 0 Å². The first-order valence-corrected chi connectivity index (χ1v) is 6.13. The first-order valence-electron chi connectivity index (χ1n) is 6.13. The Morgan fingerprint density at radius 1 is 1.05 bits per heavy atom. The van der Waals surface area contributed by atoms with Crippen LogP contribution in [0.3, 0.4) is 0 Å². The molecule has 0 spiro atoms. The van der Waals surface area contributed by atoms with E-state index in [-0.39, 0.29) is 12.1 Å². The molecule has 2 rings (SSSR count). The van der Waals surface area contributed by atoms with Gasteiger partial charge in [-0.1, -0.05) is 30.3 Å². The second-order valence-electron chi connectivity index (χ2n) is 4.35. The molecule has 0 heterocycles. The average Bonchev–Trinajstić information content (AvgIpc) is 2.40. The summed E-state index contributed by atoms with van der Waals surface area (Å²) in [6.07, 6.45) is 0. The minimum absolute atomic E-state index is 0.0793. The predicted octanol–water partition coefficient (Wildman–Crippen LogP) is 3.15. The lowest BCUT2D eigenvalue weighted by Gasteiger charge is -2.15. The van der Waals surface area contributed by atoms with Crippen molar-refractivity contribution in [2.75, 3.05) is 11.1 Å². The van der Waals surface area contributed by atoms with E-state index in [0.717, 1.165) is 11.3 Å². The zero-order chi connectivity index (χ0) is 13.7. The number of carbonyl (C=O) groups is 1. The second-order valence-corrected chi connectivity index (χ2v) is 4.35. The maximum atomic E-state index is 11.8. The number of amides is 2. The number of para-hydroxylation sites is 1. The molecule has 4 nitrogen and oxygen atoms in total. The summed E-state index contributed by atoms with van der Waals surface area (Å²) in [6, 6.07) is 16.5. The highest BCUT2D eigenvalue weighted by molar-refractivity contribution is 5.89. The number of hydrogen-bond donors (Lipinski definition) is 3. The Morgan fingerprint density at radius 2 is 1.68 bits per heavy atom. The summed E-state index contributed by atoms with van der Waals surface area (Å²) >= 11 is 0. The molecule has 0 saturated heterocycles. The maximum Gasteiger partial charge on any atom is 0.319 e. The highest BCUT2D eigenvalue weighted by Crippen LogP contribution is 2.14. The summed E-state index contributed by atoms with van der Waals surface area (Å²) in [5, 5.41) is 5.65. The lowest BCUT2D eigenvalue weighted by atomic mass is 10.1. The summed E-state index contributed by atoms with van der Waals surface area (Å²) in [4.78, 5) is 11.8. The largest absolute Gasteiger partial charge is 0.399 e. The molecule has 0 aliphatic carbocycles. The van der Waals surface area contributed by atoms with Crippen molar-refractivity contribution in [3.8, 4) is 0 Å². The molecule has 98 valence electrons. The number of benzene rings is 2. The van der Waals surface area contributed by atoms with Gasteiger partial charge in [-0.25, -0.2) is 4.79 Å². The molecule has 0 aliphatic rings. The molecule has 0 saturated carbocycles. The van der Waals surface area contributed by atoms with Gasteiger partial charge in [0.05, 0.1) is 6.04 Å². The van der Waals surface area contributed by atoms with Crippen molar-refractivity contribution in [1.82, 2.24) is 5.32 Å². The number of hydrogen-bond acceptors (Lipinski definition) is 2. The van der Waals surface area contributed by atoms with Crippen molar-refractivity contribution >= 4 is 17.4 Å². The van der Waals surface area contributed by atoms with Crippen molar-refractivity contribution in [1.29, 1.82) is 0 Å². The van der Waals surface area contributed by atoms with Gasteiger partial charge in [0.25, 0.3) is 0 Å². The van der Waals surface area contributed by atoms with Gasteiger partial charge in [0.15, 0.2) is 0 Å². The van der Waals surface area contributed by atoms with Gasteiger partial charge >= 0.3 is 6.03 Å². The lowest BCUT2D eigenvalue weighted by Crippen LogP contribution is -2.31. The maximum absolute atomic E-state index is 11.8. The molecule has 4 N–H and O–H groups in total. The standard InChI is InChI=1S/C15H17N3O/c1-11(12-7-9-13(16)10-8-12)17-15(19)18-14-5-3-2-4-6-14/h2-11H,16H2,1H3,(H2,17,18,19). The number of nitrogens with one attached hydrogen (secondary N) is 2. The second kappa shape index (κ2) is 5.91. The van der Waals surface area contributed by atoms with E-state index in [0.29, 0.717) is 5.69 Å². The normalized spacial score (nSPS) is 11.6. The lowest BCUT2D eigenvalue weighted by molar-refractivity contribution is 0.249. The van der Waals surface area contributed by atoms with Crippen molar-refractivity contribution in [2.24, 2.45) is 0 Å². The quantitative estimate of drug-likeness (QED) is 0.737. The van der Waals surface area contributed by atoms with E-state index >= 15 is 0 Å². The average molecular weight is 255 g/mol. The van der Waals surface area contributed by atoms with Gasteiger partial charge in [0, 0.05) is 11.4 Å². The molecule has 2 aromatic carbocycles. The third-order valence-corrected chi connectivity index (χ3v) is 2.82. The molecule has 0 bridgehead atoms.